The lowest BCUT2D eigenvalue weighted by Gasteiger charge is -2.15. The van der Waals surface area contributed by atoms with E-state index in [0.717, 1.165) is 28.1 Å². The molecule has 1 atom stereocenters. The van der Waals surface area contributed by atoms with Gasteiger partial charge >= 0.3 is 0 Å². The van der Waals surface area contributed by atoms with Crippen molar-refractivity contribution in [3.63, 3.8) is 0 Å². The molecule has 4 rings (SSSR count). The van der Waals surface area contributed by atoms with E-state index in [2.05, 4.69) is 15.0 Å². The molecular weight excluding hydrogens is 501 g/mol. The van der Waals surface area contributed by atoms with Crippen LogP contribution in [0.4, 0.5) is 5.69 Å². The molecule has 0 spiro atoms. The number of hydrogen-bond acceptors (Lipinski definition) is 6. The topological polar surface area (TPSA) is 124 Å². The lowest BCUT2D eigenvalue weighted by molar-refractivity contribution is 0.172. The number of rotatable bonds is 9. The minimum Gasteiger partial charge on any atom is -0.508 e. The highest BCUT2D eigenvalue weighted by Crippen LogP contribution is 2.30. The third kappa shape index (κ3) is 6.25. The summed E-state index contributed by atoms with van der Waals surface area (Å²) in [5.74, 6) is 0.912. The molecule has 11 heteroatoms. The number of anilines is 1. The Labute approximate surface area is 208 Å². The van der Waals surface area contributed by atoms with Gasteiger partial charge in [-0.25, -0.2) is 8.42 Å². The molecule has 0 aliphatic carbocycles. The molecule has 0 saturated carbocycles. The van der Waals surface area contributed by atoms with Crippen molar-refractivity contribution in [3.05, 3.63) is 65.2 Å². The van der Waals surface area contributed by atoms with Crippen molar-refractivity contribution < 1.29 is 23.4 Å². The highest BCUT2D eigenvalue weighted by atomic mass is 35.5. The van der Waals surface area contributed by atoms with Crippen LogP contribution in [-0.2, 0) is 10.0 Å². The number of aliphatic hydroxyl groups is 1. The number of benzene rings is 3. The van der Waals surface area contributed by atoms with E-state index in [-0.39, 0.29) is 35.4 Å². The van der Waals surface area contributed by atoms with Crippen LogP contribution in [0.25, 0.3) is 21.8 Å². The number of aromatic hydroxyl groups is 1. The molecule has 1 aromatic heterocycles. The molecule has 182 valence electrons. The van der Waals surface area contributed by atoms with Gasteiger partial charge in [-0.15, -0.1) is 12.4 Å². The first-order valence-electron chi connectivity index (χ1n) is 10.2. The van der Waals surface area contributed by atoms with E-state index < -0.39 is 16.1 Å². The standard InChI is InChI=1S/C23H24ClN3O5S.ClH/c1-33(30,31)27-22-10-14(2-7-19(22)24)23(29)13-25-8-9-32-16-4-6-18-17-5-3-15(28)11-20(17)26-21(18)12-16;/h2-7,10-12,23,25-29H,8-9,13H2,1H3;1H/t23-;/m0./s1. The number of nitrogens with one attached hydrogen (secondary N) is 3. The maximum absolute atomic E-state index is 11.5. The van der Waals surface area contributed by atoms with E-state index in [4.69, 9.17) is 16.3 Å². The first-order valence-corrected chi connectivity index (χ1v) is 12.5. The summed E-state index contributed by atoms with van der Waals surface area (Å²) >= 11 is 6.02. The van der Waals surface area contributed by atoms with Crippen LogP contribution >= 0.6 is 24.0 Å². The lowest BCUT2D eigenvalue weighted by Crippen LogP contribution is -2.26. The van der Waals surface area contributed by atoms with Crippen LogP contribution in [0.3, 0.4) is 0 Å². The summed E-state index contributed by atoms with van der Waals surface area (Å²) in [6.45, 7) is 1.15. The molecule has 1 heterocycles. The van der Waals surface area contributed by atoms with Gasteiger partial charge in [0.25, 0.3) is 0 Å². The number of phenolic OH excluding ortho intramolecular Hbond substituents is 1. The minimum absolute atomic E-state index is 0. The summed E-state index contributed by atoms with van der Waals surface area (Å²) < 4.78 is 31.1. The molecular formula is C23H25Cl2N3O5S. The fraction of sp³-hybridized carbons (Fsp3) is 0.217. The van der Waals surface area contributed by atoms with Gasteiger partial charge in [-0.05, 0) is 42.0 Å². The largest absolute Gasteiger partial charge is 0.508 e. The zero-order valence-corrected chi connectivity index (χ0v) is 20.6. The molecule has 0 bridgehead atoms. The van der Waals surface area contributed by atoms with E-state index in [9.17, 15) is 18.6 Å². The number of hydrogen-bond donors (Lipinski definition) is 5. The SMILES string of the molecule is CS(=O)(=O)Nc1cc([C@@H](O)CNCCOc2ccc3c(c2)[nH]c2cc(O)ccc23)ccc1Cl.Cl. The molecule has 0 saturated heterocycles. The molecule has 34 heavy (non-hydrogen) atoms. The van der Waals surface area contributed by atoms with Crippen LogP contribution in [0.1, 0.15) is 11.7 Å². The number of aromatic nitrogens is 1. The lowest BCUT2D eigenvalue weighted by atomic mass is 10.1. The molecule has 5 N–H and O–H groups in total. The number of fused-ring (bicyclic) bond motifs is 3. The van der Waals surface area contributed by atoms with Crippen molar-refractivity contribution in [1.82, 2.24) is 10.3 Å². The van der Waals surface area contributed by atoms with E-state index in [1.54, 1.807) is 18.2 Å². The Bertz CT molecular complexity index is 1410. The van der Waals surface area contributed by atoms with Crippen LogP contribution in [-0.4, -0.2) is 49.6 Å². The first kappa shape index (κ1) is 25.9. The number of ether oxygens (including phenoxy) is 1. The predicted molar refractivity (Wildman–Crippen MR) is 138 cm³/mol. The summed E-state index contributed by atoms with van der Waals surface area (Å²) in [4.78, 5) is 3.28. The predicted octanol–water partition coefficient (Wildman–Crippen LogP) is 4.18. The molecule has 0 aliphatic rings. The van der Waals surface area contributed by atoms with E-state index in [0.29, 0.717) is 24.5 Å². The van der Waals surface area contributed by atoms with Crippen LogP contribution in [0.2, 0.25) is 5.02 Å². The third-order valence-electron chi connectivity index (χ3n) is 5.11. The van der Waals surface area contributed by atoms with Crippen molar-refractivity contribution >= 4 is 61.5 Å². The smallest absolute Gasteiger partial charge is 0.229 e. The zero-order valence-electron chi connectivity index (χ0n) is 18.2. The average molecular weight is 526 g/mol. The molecule has 3 aromatic carbocycles. The first-order chi connectivity index (χ1) is 15.7. The summed E-state index contributed by atoms with van der Waals surface area (Å²) in [5, 5.41) is 25.5. The number of halogens is 2. The third-order valence-corrected chi connectivity index (χ3v) is 6.03. The Morgan fingerprint density at radius 1 is 1.06 bits per heavy atom. The van der Waals surface area contributed by atoms with Crippen molar-refractivity contribution in [2.45, 2.75) is 6.10 Å². The van der Waals surface area contributed by atoms with Gasteiger partial charge in [0.05, 0.1) is 34.1 Å². The Morgan fingerprint density at radius 2 is 1.76 bits per heavy atom. The average Bonchev–Trinajstić information content (AvgIpc) is 3.10. The van der Waals surface area contributed by atoms with Crippen LogP contribution in [0, 0.1) is 0 Å². The van der Waals surface area contributed by atoms with Gasteiger partial charge in [-0.3, -0.25) is 4.72 Å². The van der Waals surface area contributed by atoms with E-state index in [1.165, 1.54) is 12.1 Å². The number of phenols is 1. The quantitative estimate of drug-likeness (QED) is 0.209. The summed E-state index contributed by atoms with van der Waals surface area (Å²) in [6, 6.07) is 15.7. The second kappa shape index (κ2) is 10.7. The van der Waals surface area contributed by atoms with E-state index in [1.807, 2.05) is 24.3 Å². The monoisotopic (exact) mass is 525 g/mol. The number of aliphatic hydroxyl groups excluding tert-OH is 1. The summed E-state index contributed by atoms with van der Waals surface area (Å²) in [5.41, 5.74) is 2.53. The molecule has 0 fully saturated rings. The van der Waals surface area contributed by atoms with Gasteiger partial charge in [0.15, 0.2) is 0 Å². The van der Waals surface area contributed by atoms with Crippen molar-refractivity contribution in [1.29, 1.82) is 0 Å². The van der Waals surface area contributed by atoms with Gasteiger partial charge in [0.2, 0.25) is 10.0 Å². The number of H-pyrrole nitrogens is 1. The minimum atomic E-state index is -3.48. The van der Waals surface area contributed by atoms with Gasteiger partial charge < -0.3 is 25.3 Å². The molecule has 4 aromatic rings. The van der Waals surface area contributed by atoms with Crippen LogP contribution in [0.5, 0.6) is 11.5 Å². The summed E-state index contributed by atoms with van der Waals surface area (Å²) in [6.07, 6.45) is 0.191. The van der Waals surface area contributed by atoms with Crippen molar-refractivity contribution in [3.8, 4) is 11.5 Å². The normalized spacial score (nSPS) is 12.4. The molecule has 0 radical (unpaired) electrons. The Morgan fingerprint density at radius 3 is 2.50 bits per heavy atom. The van der Waals surface area contributed by atoms with Crippen LogP contribution in [0.15, 0.2) is 54.6 Å². The number of sulfonamides is 1. The summed E-state index contributed by atoms with van der Waals surface area (Å²) in [7, 11) is -3.48. The van der Waals surface area contributed by atoms with Crippen molar-refractivity contribution in [2.75, 3.05) is 30.7 Å². The maximum Gasteiger partial charge on any atom is 0.229 e. The van der Waals surface area contributed by atoms with Gasteiger partial charge in [0, 0.05) is 36.0 Å². The van der Waals surface area contributed by atoms with Crippen LogP contribution < -0.4 is 14.8 Å². The highest BCUT2D eigenvalue weighted by molar-refractivity contribution is 7.92. The second-order valence-electron chi connectivity index (χ2n) is 7.74. The molecule has 0 amide bonds. The molecule has 8 nitrogen and oxygen atoms in total. The maximum atomic E-state index is 11.5. The Hall–Kier alpha value is -2.69. The number of aromatic amines is 1. The van der Waals surface area contributed by atoms with Gasteiger partial charge in [-0.1, -0.05) is 17.7 Å². The van der Waals surface area contributed by atoms with Gasteiger partial charge in [-0.2, -0.15) is 0 Å². The van der Waals surface area contributed by atoms with Crippen molar-refractivity contribution in [2.24, 2.45) is 0 Å². The molecule has 0 aliphatic heterocycles. The fourth-order valence-corrected chi connectivity index (χ4v) is 4.38. The Balaban J connectivity index is 0.00000324. The highest BCUT2D eigenvalue weighted by Gasteiger charge is 2.12. The Kier molecular flexibility index (Phi) is 8.17. The molecule has 0 unspecified atom stereocenters. The zero-order chi connectivity index (χ0) is 23.6. The van der Waals surface area contributed by atoms with E-state index >= 15 is 0 Å². The van der Waals surface area contributed by atoms with Gasteiger partial charge in [0.1, 0.15) is 18.1 Å². The fourth-order valence-electron chi connectivity index (χ4n) is 3.59. The second-order valence-corrected chi connectivity index (χ2v) is 9.90.